The predicted molar refractivity (Wildman–Crippen MR) is 66.2 cm³/mol. The molecular formula is C12H13BrN2. The molecule has 1 aliphatic rings. The van der Waals surface area contributed by atoms with Crippen molar-refractivity contribution in [3.63, 3.8) is 0 Å². The van der Waals surface area contributed by atoms with Gasteiger partial charge in [0.05, 0.1) is 0 Å². The maximum atomic E-state index is 3.51. The number of fused-ring (bicyclic) bond motifs is 1. The summed E-state index contributed by atoms with van der Waals surface area (Å²) in [6.07, 6.45) is 1.24. The highest BCUT2D eigenvalue weighted by Gasteiger charge is 2.18. The van der Waals surface area contributed by atoms with E-state index >= 15 is 0 Å². The van der Waals surface area contributed by atoms with Crippen molar-refractivity contribution in [1.29, 1.82) is 0 Å². The van der Waals surface area contributed by atoms with Gasteiger partial charge in [0.2, 0.25) is 0 Å². The summed E-state index contributed by atoms with van der Waals surface area (Å²) in [6.45, 7) is 2.25. The Kier molecular flexibility index (Phi) is 2.29. The molecule has 1 aromatic heterocycles. The van der Waals surface area contributed by atoms with E-state index in [0.29, 0.717) is 5.92 Å². The topological polar surface area (TPSA) is 27.8 Å². The quantitative estimate of drug-likeness (QED) is 0.815. The zero-order valence-corrected chi connectivity index (χ0v) is 9.97. The number of nitrogens with one attached hydrogen (secondary N) is 2. The molecule has 0 saturated carbocycles. The zero-order valence-electron chi connectivity index (χ0n) is 8.39. The summed E-state index contributed by atoms with van der Waals surface area (Å²) in [7, 11) is 0. The van der Waals surface area contributed by atoms with Crippen LogP contribution in [0.15, 0.2) is 28.7 Å². The van der Waals surface area contributed by atoms with Crippen LogP contribution >= 0.6 is 15.9 Å². The lowest BCUT2D eigenvalue weighted by Crippen LogP contribution is -2.07. The largest absolute Gasteiger partial charge is 0.358 e. The van der Waals surface area contributed by atoms with Crippen molar-refractivity contribution in [2.75, 3.05) is 13.1 Å². The minimum atomic E-state index is 0.663. The third-order valence-corrected chi connectivity index (χ3v) is 3.60. The van der Waals surface area contributed by atoms with E-state index in [2.05, 4.69) is 50.5 Å². The minimum Gasteiger partial charge on any atom is -0.358 e. The zero-order chi connectivity index (χ0) is 10.3. The number of hydrogen-bond acceptors (Lipinski definition) is 1. The highest BCUT2D eigenvalue weighted by Crippen LogP contribution is 2.27. The third-order valence-electron chi connectivity index (χ3n) is 3.11. The van der Waals surface area contributed by atoms with Crippen LogP contribution in [-0.2, 0) is 0 Å². The molecule has 0 bridgehead atoms. The molecule has 15 heavy (non-hydrogen) atoms. The first-order chi connectivity index (χ1) is 7.33. The number of halogens is 1. The van der Waals surface area contributed by atoms with Gasteiger partial charge < -0.3 is 10.3 Å². The minimum absolute atomic E-state index is 0.663. The maximum absolute atomic E-state index is 3.51. The van der Waals surface area contributed by atoms with Crippen molar-refractivity contribution in [2.24, 2.45) is 0 Å². The Bertz CT molecular complexity index is 483. The summed E-state index contributed by atoms with van der Waals surface area (Å²) >= 11 is 3.49. The Balaban J connectivity index is 2.05. The molecule has 1 unspecified atom stereocenters. The van der Waals surface area contributed by atoms with Crippen LogP contribution in [0.1, 0.15) is 18.0 Å². The molecule has 1 saturated heterocycles. The molecule has 0 radical (unpaired) electrons. The van der Waals surface area contributed by atoms with Crippen molar-refractivity contribution in [3.8, 4) is 0 Å². The molecule has 3 heteroatoms. The Hall–Kier alpha value is -0.800. The predicted octanol–water partition coefficient (Wildman–Crippen LogP) is 3.01. The van der Waals surface area contributed by atoms with Gasteiger partial charge in [-0.2, -0.15) is 0 Å². The fraction of sp³-hybridized carbons (Fsp3) is 0.333. The standard InChI is InChI=1S/C12H13BrN2/c13-10-2-1-8-5-11(15-12(8)6-10)9-3-4-14-7-9/h1-2,5-6,9,14-15H,3-4,7H2. The van der Waals surface area contributed by atoms with E-state index in [0.717, 1.165) is 17.6 Å². The van der Waals surface area contributed by atoms with Gasteiger partial charge in [0.1, 0.15) is 0 Å². The smallest absolute Gasteiger partial charge is 0.0467 e. The van der Waals surface area contributed by atoms with Crippen molar-refractivity contribution < 1.29 is 0 Å². The summed E-state index contributed by atoms with van der Waals surface area (Å²) in [5.74, 6) is 0.663. The van der Waals surface area contributed by atoms with E-state index in [1.54, 1.807) is 0 Å². The van der Waals surface area contributed by atoms with E-state index in [-0.39, 0.29) is 0 Å². The molecule has 0 aliphatic carbocycles. The average Bonchev–Trinajstić information content (AvgIpc) is 2.84. The summed E-state index contributed by atoms with van der Waals surface area (Å²) < 4.78 is 1.13. The maximum Gasteiger partial charge on any atom is 0.0467 e. The van der Waals surface area contributed by atoms with E-state index < -0.39 is 0 Å². The molecule has 0 spiro atoms. The van der Waals surface area contributed by atoms with Gasteiger partial charge in [0.15, 0.2) is 0 Å². The lowest BCUT2D eigenvalue weighted by atomic mass is 10.1. The first kappa shape index (κ1) is 9.43. The summed E-state index contributed by atoms with van der Waals surface area (Å²) in [6, 6.07) is 8.66. The average molecular weight is 265 g/mol. The van der Waals surface area contributed by atoms with Gasteiger partial charge in [0.25, 0.3) is 0 Å². The second kappa shape index (κ2) is 3.65. The summed E-state index contributed by atoms with van der Waals surface area (Å²) in [5.41, 5.74) is 2.60. The lowest BCUT2D eigenvalue weighted by Gasteiger charge is -2.03. The van der Waals surface area contributed by atoms with Gasteiger partial charge in [-0.3, -0.25) is 0 Å². The second-order valence-electron chi connectivity index (χ2n) is 4.15. The van der Waals surface area contributed by atoms with E-state index in [4.69, 9.17) is 0 Å². The van der Waals surface area contributed by atoms with Crippen molar-refractivity contribution in [2.45, 2.75) is 12.3 Å². The normalized spacial score (nSPS) is 21.3. The number of aromatic nitrogens is 1. The van der Waals surface area contributed by atoms with Crippen LogP contribution in [0.5, 0.6) is 0 Å². The molecule has 2 N–H and O–H groups in total. The molecule has 2 heterocycles. The molecule has 3 rings (SSSR count). The molecule has 1 aliphatic heterocycles. The van der Waals surface area contributed by atoms with Crippen LogP contribution in [0, 0.1) is 0 Å². The first-order valence-electron chi connectivity index (χ1n) is 5.32. The molecule has 78 valence electrons. The van der Waals surface area contributed by atoms with Crippen LogP contribution in [0.25, 0.3) is 10.9 Å². The lowest BCUT2D eigenvalue weighted by molar-refractivity contribution is 0.743. The van der Waals surface area contributed by atoms with Gasteiger partial charge in [-0.25, -0.2) is 0 Å². The van der Waals surface area contributed by atoms with Crippen LogP contribution < -0.4 is 5.32 Å². The highest BCUT2D eigenvalue weighted by atomic mass is 79.9. The SMILES string of the molecule is Brc1ccc2cc(C3CCNC3)[nH]c2c1. The van der Waals surface area contributed by atoms with Gasteiger partial charge >= 0.3 is 0 Å². The second-order valence-corrected chi connectivity index (χ2v) is 5.06. The number of benzene rings is 1. The molecule has 2 aromatic rings. The van der Waals surface area contributed by atoms with E-state index in [1.165, 1.54) is 23.0 Å². The number of rotatable bonds is 1. The molecule has 1 atom stereocenters. The van der Waals surface area contributed by atoms with Gasteiger partial charge in [-0.15, -0.1) is 0 Å². The molecule has 1 aromatic carbocycles. The van der Waals surface area contributed by atoms with Gasteiger partial charge in [-0.1, -0.05) is 22.0 Å². The van der Waals surface area contributed by atoms with Crippen LogP contribution in [0.4, 0.5) is 0 Å². The van der Waals surface area contributed by atoms with Gasteiger partial charge in [-0.05, 0) is 36.6 Å². The van der Waals surface area contributed by atoms with Crippen molar-refractivity contribution in [1.82, 2.24) is 10.3 Å². The molecule has 1 fully saturated rings. The monoisotopic (exact) mass is 264 g/mol. The number of aromatic amines is 1. The third kappa shape index (κ3) is 1.70. The fourth-order valence-corrected chi connectivity index (χ4v) is 2.62. The molecule has 0 amide bonds. The highest BCUT2D eigenvalue weighted by molar-refractivity contribution is 9.10. The van der Waals surface area contributed by atoms with Crippen LogP contribution in [0.2, 0.25) is 0 Å². The Morgan fingerprint density at radius 1 is 1.27 bits per heavy atom. The Morgan fingerprint density at radius 3 is 3.00 bits per heavy atom. The Morgan fingerprint density at radius 2 is 2.20 bits per heavy atom. The van der Waals surface area contributed by atoms with Gasteiger partial charge in [0, 0.05) is 28.1 Å². The summed E-state index contributed by atoms with van der Waals surface area (Å²) in [4.78, 5) is 3.51. The van der Waals surface area contributed by atoms with E-state index in [9.17, 15) is 0 Å². The fourth-order valence-electron chi connectivity index (χ4n) is 2.26. The van der Waals surface area contributed by atoms with Crippen LogP contribution in [-0.4, -0.2) is 18.1 Å². The number of hydrogen-bond donors (Lipinski definition) is 2. The van der Waals surface area contributed by atoms with Crippen LogP contribution in [0.3, 0.4) is 0 Å². The summed E-state index contributed by atoms with van der Waals surface area (Å²) in [5, 5.41) is 4.70. The number of H-pyrrole nitrogens is 1. The van der Waals surface area contributed by atoms with Crippen molar-refractivity contribution >= 4 is 26.8 Å². The molecular weight excluding hydrogens is 252 g/mol. The van der Waals surface area contributed by atoms with Crippen molar-refractivity contribution in [3.05, 3.63) is 34.4 Å². The Labute approximate surface area is 97.2 Å². The van der Waals surface area contributed by atoms with E-state index in [1.807, 2.05) is 0 Å². The molecule has 2 nitrogen and oxygen atoms in total. The first-order valence-corrected chi connectivity index (χ1v) is 6.11.